The molecule has 0 saturated heterocycles. The van der Waals surface area contributed by atoms with Crippen molar-refractivity contribution in [3.05, 3.63) is 52.5 Å². The minimum atomic E-state index is -0.433. The van der Waals surface area contributed by atoms with E-state index in [0.717, 1.165) is 0 Å². The number of nitrogens with zero attached hydrogens (tertiary/aromatic N) is 1. The Hall–Kier alpha value is -1.95. The summed E-state index contributed by atoms with van der Waals surface area (Å²) >= 11 is 3.19. The van der Waals surface area contributed by atoms with Crippen LogP contribution in [0.25, 0.3) is 0 Å². The lowest BCUT2D eigenvalue weighted by Gasteiger charge is -2.10. The topological polar surface area (TPSA) is 51.2 Å². The molecule has 1 aromatic carbocycles. The van der Waals surface area contributed by atoms with Crippen molar-refractivity contribution in [2.45, 2.75) is 0 Å². The summed E-state index contributed by atoms with van der Waals surface area (Å²) in [7, 11) is 1.41. The van der Waals surface area contributed by atoms with Crippen LogP contribution in [0.1, 0.15) is 10.4 Å². The molecule has 1 aromatic heterocycles. The van der Waals surface area contributed by atoms with Crippen molar-refractivity contribution in [1.82, 2.24) is 4.98 Å². The number of ether oxygens (including phenoxy) is 1. The zero-order valence-electron chi connectivity index (χ0n) is 9.98. The van der Waals surface area contributed by atoms with E-state index in [1.54, 1.807) is 18.3 Å². The van der Waals surface area contributed by atoms with E-state index in [-0.39, 0.29) is 11.7 Å². The van der Waals surface area contributed by atoms with Gasteiger partial charge < -0.3 is 10.1 Å². The van der Waals surface area contributed by atoms with Crippen LogP contribution in [0.3, 0.4) is 0 Å². The molecule has 2 aromatic rings. The molecule has 0 aliphatic rings. The highest BCUT2D eigenvalue weighted by Crippen LogP contribution is 2.26. The number of rotatable bonds is 3. The Labute approximate surface area is 117 Å². The van der Waals surface area contributed by atoms with E-state index in [1.165, 1.54) is 25.3 Å². The summed E-state index contributed by atoms with van der Waals surface area (Å²) in [5.74, 6) is -0.532. The number of aromatic nitrogens is 1. The third-order valence-corrected chi connectivity index (χ3v) is 3.05. The third-order valence-electron chi connectivity index (χ3n) is 2.42. The largest absolute Gasteiger partial charge is 0.494 e. The monoisotopic (exact) mass is 324 g/mol. The minimum absolute atomic E-state index is 0.258. The van der Waals surface area contributed by atoms with Crippen molar-refractivity contribution in [2.75, 3.05) is 12.4 Å². The van der Waals surface area contributed by atoms with Gasteiger partial charge >= 0.3 is 0 Å². The molecule has 0 bridgehead atoms. The summed E-state index contributed by atoms with van der Waals surface area (Å²) in [6.45, 7) is 0. The fraction of sp³-hybridized carbons (Fsp3) is 0.0769. The van der Waals surface area contributed by atoms with Gasteiger partial charge in [-0.2, -0.15) is 0 Å². The SMILES string of the molecule is COc1cc(F)ccc1NC(=O)c1cccnc1Br. The normalized spacial score (nSPS) is 10.1. The second kappa shape index (κ2) is 5.79. The van der Waals surface area contributed by atoms with Crippen LogP contribution >= 0.6 is 15.9 Å². The van der Waals surface area contributed by atoms with Gasteiger partial charge in [-0.05, 0) is 40.2 Å². The van der Waals surface area contributed by atoms with Gasteiger partial charge in [0.05, 0.1) is 18.4 Å². The molecule has 0 saturated carbocycles. The van der Waals surface area contributed by atoms with Crippen molar-refractivity contribution < 1.29 is 13.9 Å². The summed E-state index contributed by atoms with van der Waals surface area (Å²) in [6, 6.07) is 7.17. The number of methoxy groups -OCH3 is 1. The molecule has 1 heterocycles. The number of hydrogen-bond donors (Lipinski definition) is 1. The lowest BCUT2D eigenvalue weighted by molar-refractivity contribution is 0.102. The molecule has 0 fully saturated rings. The van der Waals surface area contributed by atoms with E-state index >= 15 is 0 Å². The molecule has 0 spiro atoms. The first-order valence-electron chi connectivity index (χ1n) is 5.37. The van der Waals surface area contributed by atoms with Crippen LogP contribution in [0.5, 0.6) is 5.75 Å². The average molecular weight is 325 g/mol. The summed E-state index contributed by atoms with van der Waals surface area (Å²) < 4.78 is 18.5. The number of hydrogen-bond acceptors (Lipinski definition) is 3. The Kier molecular flexibility index (Phi) is 4.11. The van der Waals surface area contributed by atoms with E-state index in [2.05, 4.69) is 26.2 Å². The fourth-order valence-electron chi connectivity index (χ4n) is 1.51. The zero-order valence-corrected chi connectivity index (χ0v) is 11.6. The molecule has 2 rings (SSSR count). The summed E-state index contributed by atoms with van der Waals surface area (Å²) in [5.41, 5.74) is 0.776. The molecule has 4 nitrogen and oxygen atoms in total. The first-order chi connectivity index (χ1) is 9.11. The molecule has 98 valence electrons. The van der Waals surface area contributed by atoms with Crippen molar-refractivity contribution in [2.24, 2.45) is 0 Å². The first kappa shape index (κ1) is 13.5. The maximum atomic E-state index is 13.0. The maximum Gasteiger partial charge on any atom is 0.258 e. The van der Waals surface area contributed by atoms with E-state index in [9.17, 15) is 9.18 Å². The summed E-state index contributed by atoms with van der Waals surface area (Å²) in [4.78, 5) is 16.0. The molecule has 19 heavy (non-hydrogen) atoms. The van der Waals surface area contributed by atoms with Crippen LogP contribution < -0.4 is 10.1 Å². The van der Waals surface area contributed by atoms with Gasteiger partial charge in [-0.15, -0.1) is 0 Å². The van der Waals surface area contributed by atoms with Gasteiger partial charge in [-0.25, -0.2) is 9.37 Å². The number of halogens is 2. The maximum absolute atomic E-state index is 13.0. The smallest absolute Gasteiger partial charge is 0.258 e. The van der Waals surface area contributed by atoms with E-state index in [0.29, 0.717) is 15.9 Å². The number of pyridine rings is 1. The van der Waals surface area contributed by atoms with E-state index in [4.69, 9.17) is 4.74 Å². The Balaban J connectivity index is 2.27. The minimum Gasteiger partial charge on any atom is -0.494 e. The molecule has 1 amide bonds. The van der Waals surface area contributed by atoms with Crippen LogP contribution in [0, 0.1) is 5.82 Å². The highest BCUT2D eigenvalue weighted by atomic mass is 79.9. The number of benzene rings is 1. The standard InChI is InChI=1S/C13H10BrFN2O2/c1-19-11-7-8(15)4-5-10(11)17-13(18)9-3-2-6-16-12(9)14/h2-7H,1H3,(H,17,18). The number of carbonyl (C=O) groups excluding carboxylic acids is 1. The Bertz CT molecular complexity index is 619. The van der Waals surface area contributed by atoms with Crippen molar-refractivity contribution in [1.29, 1.82) is 0 Å². The molecule has 0 aliphatic carbocycles. The molecule has 0 unspecified atom stereocenters. The van der Waals surface area contributed by atoms with Crippen molar-refractivity contribution in [3.63, 3.8) is 0 Å². The van der Waals surface area contributed by atoms with Crippen molar-refractivity contribution in [3.8, 4) is 5.75 Å². The molecule has 1 N–H and O–H groups in total. The number of amides is 1. The van der Waals surface area contributed by atoms with E-state index < -0.39 is 5.82 Å². The highest BCUT2D eigenvalue weighted by Gasteiger charge is 2.13. The van der Waals surface area contributed by atoms with Crippen molar-refractivity contribution >= 4 is 27.5 Å². The van der Waals surface area contributed by atoms with Crippen LogP contribution in [0.4, 0.5) is 10.1 Å². The molecular formula is C13H10BrFN2O2. The second-order valence-corrected chi connectivity index (χ2v) is 4.39. The highest BCUT2D eigenvalue weighted by molar-refractivity contribution is 9.10. The average Bonchev–Trinajstić information content (AvgIpc) is 2.41. The van der Waals surface area contributed by atoms with Crippen LogP contribution in [-0.4, -0.2) is 18.0 Å². The lowest BCUT2D eigenvalue weighted by Crippen LogP contribution is -2.13. The fourth-order valence-corrected chi connectivity index (χ4v) is 1.94. The Morgan fingerprint density at radius 2 is 2.21 bits per heavy atom. The van der Waals surface area contributed by atoms with Gasteiger partial charge in [-0.1, -0.05) is 0 Å². The first-order valence-corrected chi connectivity index (χ1v) is 6.16. The predicted octanol–water partition coefficient (Wildman–Crippen LogP) is 3.24. The van der Waals surface area contributed by atoms with Crippen LogP contribution in [0.15, 0.2) is 41.1 Å². The molecular weight excluding hydrogens is 315 g/mol. The van der Waals surface area contributed by atoms with Gasteiger partial charge in [0, 0.05) is 12.3 Å². The summed E-state index contributed by atoms with van der Waals surface area (Å²) in [6.07, 6.45) is 1.57. The van der Waals surface area contributed by atoms with Gasteiger partial charge in [0.15, 0.2) is 0 Å². The predicted molar refractivity (Wildman–Crippen MR) is 72.8 cm³/mol. The van der Waals surface area contributed by atoms with Gasteiger partial charge in [0.25, 0.3) is 5.91 Å². The van der Waals surface area contributed by atoms with Gasteiger partial charge in [-0.3, -0.25) is 4.79 Å². The molecule has 0 radical (unpaired) electrons. The van der Waals surface area contributed by atoms with Gasteiger partial charge in [0.2, 0.25) is 0 Å². The van der Waals surface area contributed by atoms with Crippen LogP contribution in [0.2, 0.25) is 0 Å². The molecule has 0 aliphatic heterocycles. The zero-order chi connectivity index (χ0) is 13.8. The Morgan fingerprint density at radius 1 is 1.42 bits per heavy atom. The lowest BCUT2D eigenvalue weighted by atomic mass is 10.2. The van der Waals surface area contributed by atoms with Crippen LogP contribution in [-0.2, 0) is 0 Å². The number of anilines is 1. The summed E-state index contributed by atoms with van der Waals surface area (Å²) in [5, 5.41) is 2.65. The number of carbonyl (C=O) groups is 1. The van der Waals surface area contributed by atoms with E-state index in [1.807, 2.05) is 0 Å². The second-order valence-electron chi connectivity index (χ2n) is 3.64. The Morgan fingerprint density at radius 3 is 2.89 bits per heavy atom. The molecule has 6 heteroatoms. The third kappa shape index (κ3) is 3.08. The van der Waals surface area contributed by atoms with Gasteiger partial charge in [0.1, 0.15) is 16.2 Å². The molecule has 0 atom stereocenters. The number of nitrogens with one attached hydrogen (secondary N) is 1. The quantitative estimate of drug-likeness (QED) is 0.882.